The van der Waals surface area contributed by atoms with E-state index in [9.17, 15) is 13.9 Å². The van der Waals surface area contributed by atoms with Gasteiger partial charge in [0.2, 0.25) is 0 Å². The molecule has 0 fully saturated rings. The number of halogens is 2. The predicted molar refractivity (Wildman–Crippen MR) is 85.1 cm³/mol. The van der Waals surface area contributed by atoms with E-state index >= 15 is 0 Å². The van der Waals surface area contributed by atoms with Crippen molar-refractivity contribution in [2.24, 2.45) is 0 Å². The van der Waals surface area contributed by atoms with Gasteiger partial charge < -0.3 is 14.6 Å². The highest BCUT2D eigenvalue weighted by Gasteiger charge is 2.17. The lowest BCUT2D eigenvalue weighted by Gasteiger charge is -2.23. The SMILES string of the molecule is CN(Cc1ccc2c(c1)OCCO2)CC(O)c1cc(F)ccc1F. The summed E-state index contributed by atoms with van der Waals surface area (Å²) in [5.41, 5.74) is 0.942. The first kappa shape index (κ1) is 16.7. The minimum atomic E-state index is -1.11. The quantitative estimate of drug-likeness (QED) is 0.912. The maximum atomic E-state index is 13.7. The Morgan fingerprint density at radius 1 is 1.08 bits per heavy atom. The van der Waals surface area contributed by atoms with Crippen LogP contribution in [0.1, 0.15) is 17.2 Å². The molecule has 0 spiro atoms. The van der Waals surface area contributed by atoms with Crippen molar-refractivity contribution < 1.29 is 23.4 Å². The fourth-order valence-corrected chi connectivity index (χ4v) is 2.73. The van der Waals surface area contributed by atoms with E-state index in [2.05, 4.69) is 0 Å². The summed E-state index contributed by atoms with van der Waals surface area (Å²) in [5, 5.41) is 10.2. The highest BCUT2D eigenvalue weighted by Crippen LogP contribution is 2.31. The van der Waals surface area contributed by atoms with Gasteiger partial charge in [-0.3, -0.25) is 4.90 Å². The van der Waals surface area contributed by atoms with Crippen LogP contribution in [0.25, 0.3) is 0 Å². The van der Waals surface area contributed by atoms with Crippen LogP contribution in [0.4, 0.5) is 8.78 Å². The van der Waals surface area contributed by atoms with E-state index in [1.807, 2.05) is 23.1 Å². The zero-order valence-electron chi connectivity index (χ0n) is 13.3. The number of likely N-dealkylation sites (N-methyl/N-ethyl adjacent to an activating group) is 1. The zero-order chi connectivity index (χ0) is 17.1. The Balaban J connectivity index is 1.64. The summed E-state index contributed by atoms with van der Waals surface area (Å²) < 4.78 is 38.0. The number of benzene rings is 2. The highest BCUT2D eigenvalue weighted by molar-refractivity contribution is 5.43. The average Bonchev–Trinajstić information content (AvgIpc) is 2.56. The summed E-state index contributed by atoms with van der Waals surface area (Å²) in [6, 6.07) is 8.73. The molecule has 2 aromatic carbocycles. The van der Waals surface area contributed by atoms with Crippen LogP contribution in [0.3, 0.4) is 0 Å². The molecule has 128 valence electrons. The van der Waals surface area contributed by atoms with Crippen LogP contribution >= 0.6 is 0 Å². The molecule has 0 amide bonds. The Labute approximate surface area is 139 Å². The molecule has 6 heteroatoms. The van der Waals surface area contributed by atoms with Crippen LogP contribution in [0.5, 0.6) is 11.5 Å². The third-order valence-electron chi connectivity index (χ3n) is 3.86. The van der Waals surface area contributed by atoms with Gasteiger partial charge in [0.1, 0.15) is 24.8 Å². The number of fused-ring (bicyclic) bond motifs is 1. The lowest BCUT2D eigenvalue weighted by molar-refractivity contribution is 0.120. The summed E-state index contributed by atoms with van der Waals surface area (Å²) in [5.74, 6) is 0.231. The largest absolute Gasteiger partial charge is 0.486 e. The number of ether oxygens (including phenoxy) is 2. The summed E-state index contributed by atoms with van der Waals surface area (Å²) in [4.78, 5) is 1.83. The summed E-state index contributed by atoms with van der Waals surface area (Å²) in [6.45, 7) is 1.76. The van der Waals surface area contributed by atoms with Crippen molar-refractivity contribution in [2.75, 3.05) is 26.8 Å². The lowest BCUT2D eigenvalue weighted by atomic mass is 10.1. The summed E-state index contributed by atoms with van der Waals surface area (Å²) in [7, 11) is 1.80. The maximum absolute atomic E-state index is 13.7. The molecule has 0 aliphatic carbocycles. The second kappa shape index (κ2) is 7.15. The predicted octanol–water partition coefficient (Wildman–Crippen LogP) is 2.90. The Kier molecular flexibility index (Phi) is 4.97. The first-order valence-corrected chi connectivity index (χ1v) is 7.73. The number of aliphatic hydroxyl groups excluding tert-OH is 1. The van der Waals surface area contributed by atoms with Gasteiger partial charge in [0.25, 0.3) is 0 Å². The molecule has 1 N–H and O–H groups in total. The van der Waals surface area contributed by atoms with Gasteiger partial charge >= 0.3 is 0 Å². The Hall–Kier alpha value is -2.18. The third kappa shape index (κ3) is 3.83. The molecule has 0 saturated heterocycles. The van der Waals surface area contributed by atoms with Crippen molar-refractivity contribution in [2.45, 2.75) is 12.6 Å². The number of hydrogen-bond acceptors (Lipinski definition) is 4. The molecule has 0 radical (unpaired) electrons. The molecule has 1 aliphatic rings. The average molecular weight is 335 g/mol. The maximum Gasteiger partial charge on any atom is 0.161 e. The van der Waals surface area contributed by atoms with Gasteiger partial charge in [-0.2, -0.15) is 0 Å². The van der Waals surface area contributed by atoms with Gasteiger partial charge in [0, 0.05) is 18.7 Å². The van der Waals surface area contributed by atoms with Crippen LogP contribution in [-0.2, 0) is 6.54 Å². The number of hydrogen-bond donors (Lipinski definition) is 1. The van der Waals surface area contributed by atoms with Crippen molar-refractivity contribution in [1.82, 2.24) is 4.90 Å². The second-order valence-corrected chi connectivity index (χ2v) is 5.86. The topological polar surface area (TPSA) is 41.9 Å². The molecule has 2 aromatic rings. The molecule has 0 aromatic heterocycles. The molecular weight excluding hydrogens is 316 g/mol. The molecule has 1 atom stereocenters. The first-order chi connectivity index (χ1) is 11.5. The standard InChI is InChI=1S/C18H19F2NO3/c1-21(11-16(22)14-9-13(19)3-4-15(14)20)10-12-2-5-17-18(8-12)24-7-6-23-17/h2-5,8-9,16,22H,6-7,10-11H2,1H3. The molecule has 4 nitrogen and oxygen atoms in total. The van der Waals surface area contributed by atoms with E-state index < -0.39 is 17.7 Å². The van der Waals surface area contributed by atoms with E-state index in [4.69, 9.17) is 9.47 Å². The van der Waals surface area contributed by atoms with Gasteiger partial charge in [0.15, 0.2) is 11.5 Å². The van der Waals surface area contributed by atoms with E-state index in [1.165, 1.54) is 0 Å². The van der Waals surface area contributed by atoms with Crippen LogP contribution in [0, 0.1) is 11.6 Å². The van der Waals surface area contributed by atoms with Crippen LogP contribution in [-0.4, -0.2) is 36.8 Å². The molecule has 1 aliphatic heterocycles. The van der Waals surface area contributed by atoms with E-state index in [-0.39, 0.29) is 12.1 Å². The van der Waals surface area contributed by atoms with E-state index in [0.29, 0.717) is 25.5 Å². The van der Waals surface area contributed by atoms with Crippen LogP contribution in [0.15, 0.2) is 36.4 Å². The van der Waals surface area contributed by atoms with Crippen molar-refractivity contribution in [3.05, 3.63) is 59.2 Å². The Morgan fingerprint density at radius 2 is 1.83 bits per heavy atom. The fourth-order valence-electron chi connectivity index (χ4n) is 2.73. The van der Waals surface area contributed by atoms with Crippen molar-refractivity contribution in [3.8, 4) is 11.5 Å². The zero-order valence-corrected chi connectivity index (χ0v) is 13.3. The summed E-state index contributed by atoms with van der Waals surface area (Å²) in [6.07, 6.45) is -1.11. The fraction of sp³-hybridized carbons (Fsp3) is 0.333. The number of rotatable bonds is 5. The normalized spacial score (nSPS) is 14.7. The van der Waals surface area contributed by atoms with Gasteiger partial charge in [-0.1, -0.05) is 6.07 Å². The van der Waals surface area contributed by atoms with Gasteiger partial charge in [0.05, 0.1) is 6.10 Å². The van der Waals surface area contributed by atoms with E-state index in [1.54, 1.807) is 7.05 Å². The van der Waals surface area contributed by atoms with Crippen molar-refractivity contribution in [1.29, 1.82) is 0 Å². The first-order valence-electron chi connectivity index (χ1n) is 7.73. The third-order valence-corrected chi connectivity index (χ3v) is 3.86. The lowest BCUT2D eigenvalue weighted by Crippen LogP contribution is -2.25. The Morgan fingerprint density at radius 3 is 2.62 bits per heavy atom. The highest BCUT2D eigenvalue weighted by atomic mass is 19.1. The van der Waals surface area contributed by atoms with Gasteiger partial charge in [-0.05, 0) is 42.9 Å². The molecule has 3 rings (SSSR count). The van der Waals surface area contributed by atoms with Crippen molar-refractivity contribution in [3.63, 3.8) is 0 Å². The molecule has 1 unspecified atom stereocenters. The van der Waals surface area contributed by atoms with Crippen LogP contribution < -0.4 is 9.47 Å². The van der Waals surface area contributed by atoms with E-state index in [0.717, 1.165) is 29.5 Å². The molecule has 24 heavy (non-hydrogen) atoms. The Bertz CT molecular complexity index is 723. The molecule has 1 heterocycles. The van der Waals surface area contributed by atoms with Crippen molar-refractivity contribution >= 4 is 0 Å². The van der Waals surface area contributed by atoms with Crippen LogP contribution in [0.2, 0.25) is 0 Å². The number of nitrogens with zero attached hydrogens (tertiary/aromatic N) is 1. The minimum absolute atomic E-state index is 0.0379. The molecular formula is C18H19F2NO3. The monoisotopic (exact) mass is 335 g/mol. The molecule has 0 saturated carbocycles. The smallest absolute Gasteiger partial charge is 0.161 e. The van der Waals surface area contributed by atoms with Gasteiger partial charge in [-0.25, -0.2) is 8.78 Å². The molecule has 0 bridgehead atoms. The number of aliphatic hydroxyl groups is 1. The minimum Gasteiger partial charge on any atom is -0.486 e. The summed E-state index contributed by atoms with van der Waals surface area (Å²) >= 11 is 0. The second-order valence-electron chi connectivity index (χ2n) is 5.86. The van der Waals surface area contributed by atoms with Gasteiger partial charge in [-0.15, -0.1) is 0 Å².